The molecule has 0 fully saturated rings. The van der Waals surface area contributed by atoms with Crippen molar-refractivity contribution in [2.45, 2.75) is 13.5 Å². The molecule has 0 radical (unpaired) electrons. The highest BCUT2D eigenvalue weighted by Gasteiger charge is 2.15. The number of aromatic nitrogens is 1. The van der Waals surface area contributed by atoms with Gasteiger partial charge in [0, 0.05) is 29.1 Å². The number of nitrogens with one attached hydrogen (secondary N) is 1. The van der Waals surface area contributed by atoms with E-state index in [1.165, 1.54) is 0 Å². The van der Waals surface area contributed by atoms with E-state index in [-0.39, 0.29) is 12.7 Å². The fraction of sp³-hybridized carbons (Fsp3) is 0.185. The van der Waals surface area contributed by atoms with Crippen molar-refractivity contribution >= 4 is 16.8 Å². The number of rotatable bonds is 7. The standard InChI is InChI=1S/C27H24N2O5/c1-3-32-25-14-23(18-5-4-6-20(12-18)31-2)29-22-9-8-19(13-21(22)25)27(30)28-15-17-7-10-24-26(11-17)34-16-33-24/h4-14H,3,15-16H2,1-2H3,(H,28,30). The van der Waals surface area contributed by atoms with Gasteiger partial charge in [-0.1, -0.05) is 18.2 Å². The van der Waals surface area contributed by atoms with Gasteiger partial charge in [0.05, 0.1) is 24.9 Å². The fourth-order valence-corrected chi connectivity index (χ4v) is 3.88. The van der Waals surface area contributed by atoms with Crippen molar-refractivity contribution in [3.8, 4) is 34.3 Å². The van der Waals surface area contributed by atoms with E-state index in [1.54, 1.807) is 13.2 Å². The van der Waals surface area contributed by atoms with Crippen LogP contribution in [0.2, 0.25) is 0 Å². The molecule has 7 nitrogen and oxygen atoms in total. The smallest absolute Gasteiger partial charge is 0.251 e. The van der Waals surface area contributed by atoms with Crippen LogP contribution in [0, 0.1) is 0 Å². The Labute approximate surface area is 197 Å². The van der Waals surface area contributed by atoms with Gasteiger partial charge in [-0.25, -0.2) is 4.98 Å². The number of amides is 1. The molecule has 172 valence electrons. The van der Waals surface area contributed by atoms with Gasteiger partial charge in [-0.2, -0.15) is 0 Å². The molecule has 0 spiro atoms. The molecular formula is C27H24N2O5. The summed E-state index contributed by atoms with van der Waals surface area (Å²) in [5.74, 6) is 2.66. The van der Waals surface area contributed by atoms with Crippen LogP contribution in [0.25, 0.3) is 22.2 Å². The third-order valence-electron chi connectivity index (χ3n) is 5.59. The lowest BCUT2D eigenvalue weighted by Crippen LogP contribution is -2.22. The molecule has 1 amide bonds. The molecule has 7 heteroatoms. The summed E-state index contributed by atoms with van der Waals surface area (Å²) in [5, 5.41) is 3.74. The third-order valence-corrected chi connectivity index (χ3v) is 5.59. The number of benzene rings is 3. The summed E-state index contributed by atoms with van der Waals surface area (Å²) < 4.78 is 22.0. The Balaban J connectivity index is 1.41. The molecule has 0 aliphatic carbocycles. The highest BCUT2D eigenvalue weighted by molar-refractivity contribution is 5.99. The number of ether oxygens (including phenoxy) is 4. The van der Waals surface area contributed by atoms with Gasteiger partial charge in [0.25, 0.3) is 5.91 Å². The van der Waals surface area contributed by atoms with Gasteiger partial charge >= 0.3 is 0 Å². The van der Waals surface area contributed by atoms with E-state index in [9.17, 15) is 4.79 Å². The number of hydrogen-bond acceptors (Lipinski definition) is 6. The van der Waals surface area contributed by atoms with E-state index >= 15 is 0 Å². The maximum Gasteiger partial charge on any atom is 0.251 e. The zero-order valence-electron chi connectivity index (χ0n) is 19.0. The Kier molecular flexibility index (Phi) is 5.91. The van der Waals surface area contributed by atoms with E-state index in [2.05, 4.69) is 5.32 Å². The van der Waals surface area contributed by atoms with Gasteiger partial charge in [-0.3, -0.25) is 4.79 Å². The van der Waals surface area contributed by atoms with Gasteiger partial charge in [-0.15, -0.1) is 0 Å². The summed E-state index contributed by atoms with van der Waals surface area (Å²) >= 11 is 0. The summed E-state index contributed by atoms with van der Waals surface area (Å²) in [6.45, 7) is 3.02. The number of methoxy groups -OCH3 is 1. The molecular weight excluding hydrogens is 432 g/mol. The van der Waals surface area contributed by atoms with Crippen molar-refractivity contribution in [3.05, 3.63) is 77.9 Å². The molecule has 4 aromatic rings. The normalized spacial score (nSPS) is 11.9. The van der Waals surface area contributed by atoms with Crippen LogP contribution >= 0.6 is 0 Å². The van der Waals surface area contributed by atoms with Crippen LogP contribution in [0.1, 0.15) is 22.8 Å². The van der Waals surface area contributed by atoms with Crippen LogP contribution in [0.3, 0.4) is 0 Å². The van der Waals surface area contributed by atoms with Crippen LogP contribution in [-0.2, 0) is 6.54 Å². The van der Waals surface area contributed by atoms with Crippen LogP contribution < -0.4 is 24.3 Å². The van der Waals surface area contributed by atoms with Crippen molar-refractivity contribution in [2.24, 2.45) is 0 Å². The quantitative estimate of drug-likeness (QED) is 0.423. The first-order chi connectivity index (χ1) is 16.6. The summed E-state index contributed by atoms with van der Waals surface area (Å²) in [6, 6.07) is 20.7. The Morgan fingerprint density at radius 1 is 1.03 bits per heavy atom. The minimum Gasteiger partial charge on any atom is -0.497 e. The second kappa shape index (κ2) is 9.31. The first-order valence-electron chi connectivity index (χ1n) is 11.0. The van der Waals surface area contributed by atoms with Gasteiger partial charge in [0.15, 0.2) is 11.5 Å². The summed E-state index contributed by atoms with van der Waals surface area (Å²) in [5.41, 5.74) is 3.90. The Morgan fingerprint density at radius 3 is 2.76 bits per heavy atom. The van der Waals surface area contributed by atoms with Crippen LogP contribution in [0.5, 0.6) is 23.0 Å². The van der Waals surface area contributed by atoms with E-state index in [1.807, 2.05) is 67.6 Å². The highest BCUT2D eigenvalue weighted by Crippen LogP contribution is 2.33. The van der Waals surface area contributed by atoms with Crippen molar-refractivity contribution in [3.63, 3.8) is 0 Å². The molecule has 2 heterocycles. The highest BCUT2D eigenvalue weighted by atomic mass is 16.7. The van der Waals surface area contributed by atoms with E-state index in [0.717, 1.165) is 33.5 Å². The number of hydrogen-bond donors (Lipinski definition) is 1. The summed E-state index contributed by atoms with van der Waals surface area (Å²) in [4.78, 5) is 17.7. The number of nitrogens with zero attached hydrogens (tertiary/aromatic N) is 1. The average Bonchev–Trinajstić information content (AvgIpc) is 3.35. The zero-order valence-corrected chi connectivity index (χ0v) is 19.0. The predicted molar refractivity (Wildman–Crippen MR) is 129 cm³/mol. The van der Waals surface area contributed by atoms with Crippen LogP contribution in [0.4, 0.5) is 0 Å². The Bertz CT molecular complexity index is 1370. The van der Waals surface area contributed by atoms with E-state index in [0.29, 0.717) is 36.0 Å². The predicted octanol–water partition coefficient (Wildman–Crippen LogP) is 4.97. The zero-order chi connectivity index (χ0) is 23.5. The number of carbonyl (C=O) groups is 1. The molecule has 0 bridgehead atoms. The van der Waals surface area contributed by atoms with Crippen LogP contribution in [0.15, 0.2) is 66.7 Å². The number of carbonyl (C=O) groups excluding carboxylic acids is 1. The van der Waals surface area contributed by atoms with Crippen molar-refractivity contribution in [2.75, 3.05) is 20.5 Å². The molecule has 1 aliphatic heterocycles. The minimum absolute atomic E-state index is 0.182. The first-order valence-corrected chi connectivity index (χ1v) is 11.0. The van der Waals surface area contributed by atoms with Gasteiger partial charge in [-0.05, 0) is 55.0 Å². The van der Waals surface area contributed by atoms with Crippen molar-refractivity contribution in [1.29, 1.82) is 0 Å². The van der Waals surface area contributed by atoms with Crippen LogP contribution in [-0.4, -0.2) is 31.4 Å². The second-order valence-electron chi connectivity index (χ2n) is 7.77. The largest absolute Gasteiger partial charge is 0.497 e. The van der Waals surface area contributed by atoms with E-state index in [4.69, 9.17) is 23.9 Å². The fourth-order valence-electron chi connectivity index (χ4n) is 3.88. The van der Waals surface area contributed by atoms with Gasteiger partial charge in [0.1, 0.15) is 11.5 Å². The molecule has 1 aromatic heterocycles. The molecule has 3 aromatic carbocycles. The molecule has 0 atom stereocenters. The molecule has 0 saturated heterocycles. The SMILES string of the molecule is CCOc1cc(-c2cccc(OC)c2)nc2ccc(C(=O)NCc3ccc4c(c3)OCO4)cc12. The Morgan fingerprint density at radius 2 is 1.91 bits per heavy atom. The molecule has 34 heavy (non-hydrogen) atoms. The Hall–Kier alpha value is -4.26. The average molecular weight is 456 g/mol. The van der Waals surface area contributed by atoms with Gasteiger partial charge in [0.2, 0.25) is 6.79 Å². The summed E-state index contributed by atoms with van der Waals surface area (Å²) in [6.07, 6.45) is 0. The van der Waals surface area contributed by atoms with Crippen molar-refractivity contribution < 1.29 is 23.7 Å². The lowest BCUT2D eigenvalue weighted by atomic mass is 10.1. The van der Waals surface area contributed by atoms with Crippen molar-refractivity contribution in [1.82, 2.24) is 10.3 Å². The first kappa shape index (κ1) is 21.6. The second-order valence-corrected chi connectivity index (χ2v) is 7.77. The maximum atomic E-state index is 12.9. The molecule has 1 aliphatic rings. The third kappa shape index (κ3) is 4.32. The molecule has 5 rings (SSSR count). The lowest BCUT2D eigenvalue weighted by Gasteiger charge is -2.12. The topological polar surface area (TPSA) is 78.9 Å². The lowest BCUT2D eigenvalue weighted by molar-refractivity contribution is 0.0951. The number of pyridine rings is 1. The number of fused-ring (bicyclic) bond motifs is 2. The monoisotopic (exact) mass is 456 g/mol. The molecule has 0 unspecified atom stereocenters. The molecule has 0 saturated carbocycles. The van der Waals surface area contributed by atoms with E-state index < -0.39 is 0 Å². The van der Waals surface area contributed by atoms with Gasteiger partial charge < -0.3 is 24.3 Å². The minimum atomic E-state index is -0.182. The molecule has 1 N–H and O–H groups in total. The maximum absolute atomic E-state index is 12.9. The summed E-state index contributed by atoms with van der Waals surface area (Å²) in [7, 11) is 1.64.